The van der Waals surface area contributed by atoms with Crippen LogP contribution in [-0.4, -0.2) is 44.5 Å². The van der Waals surface area contributed by atoms with Crippen LogP contribution in [-0.2, 0) is 13.0 Å². The van der Waals surface area contributed by atoms with E-state index in [9.17, 15) is 4.79 Å². The molecule has 1 amide bonds. The van der Waals surface area contributed by atoms with E-state index in [-0.39, 0.29) is 5.91 Å². The molecule has 0 fully saturated rings. The van der Waals surface area contributed by atoms with Gasteiger partial charge >= 0.3 is 0 Å². The number of unbranched alkanes of at least 4 members (excludes halogenated alkanes) is 1. The Morgan fingerprint density at radius 1 is 1.30 bits per heavy atom. The lowest BCUT2D eigenvalue weighted by atomic mass is 9.98. The van der Waals surface area contributed by atoms with Crippen molar-refractivity contribution in [2.45, 2.75) is 25.8 Å². The van der Waals surface area contributed by atoms with E-state index in [1.54, 1.807) is 0 Å². The van der Waals surface area contributed by atoms with E-state index in [1.807, 2.05) is 12.1 Å². The van der Waals surface area contributed by atoms with E-state index in [2.05, 4.69) is 35.7 Å². The summed E-state index contributed by atoms with van der Waals surface area (Å²) in [5, 5.41) is 6.34. The summed E-state index contributed by atoms with van der Waals surface area (Å²) in [5.41, 5.74) is 3.41. The van der Waals surface area contributed by atoms with Gasteiger partial charge in [0.1, 0.15) is 0 Å². The molecule has 0 bridgehead atoms. The number of nitrogens with zero attached hydrogens (tertiary/aromatic N) is 1. The van der Waals surface area contributed by atoms with Gasteiger partial charge in [-0.3, -0.25) is 4.79 Å². The van der Waals surface area contributed by atoms with Crippen molar-refractivity contribution in [1.29, 1.82) is 0 Å². The van der Waals surface area contributed by atoms with Crippen molar-refractivity contribution in [3.05, 3.63) is 34.9 Å². The van der Waals surface area contributed by atoms with Gasteiger partial charge in [0.05, 0.1) is 0 Å². The van der Waals surface area contributed by atoms with E-state index in [0.717, 1.165) is 51.0 Å². The molecule has 0 saturated carbocycles. The minimum absolute atomic E-state index is 0.0447. The fourth-order valence-electron chi connectivity index (χ4n) is 2.48. The Kier molecular flexibility index (Phi) is 5.56. The monoisotopic (exact) mass is 275 g/mol. The number of carbonyl (C=O) groups is 1. The molecule has 0 saturated heterocycles. The summed E-state index contributed by atoms with van der Waals surface area (Å²) in [7, 11) is 4.14. The second-order valence-electron chi connectivity index (χ2n) is 5.68. The Morgan fingerprint density at radius 3 is 2.95 bits per heavy atom. The van der Waals surface area contributed by atoms with Crippen molar-refractivity contribution in [2.75, 3.05) is 33.7 Å². The predicted octanol–water partition coefficient (Wildman–Crippen LogP) is 1.40. The average molecular weight is 275 g/mol. The zero-order valence-electron chi connectivity index (χ0n) is 12.5. The Morgan fingerprint density at radius 2 is 2.15 bits per heavy atom. The Bertz CT molecular complexity index is 457. The highest BCUT2D eigenvalue weighted by Crippen LogP contribution is 2.15. The van der Waals surface area contributed by atoms with Crippen molar-refractivity contribution in [3.8, 4) is 0 Å². The highest BCUT2D eigenvalue weighted by Gasteiger charge is 2.12. The first kappa shape index (κ1) is 15.0. The Labute approximate surface area is 121 Å². The van der Waals surface area contributed by atoms with Crippen LogP contribution in [0.15, 0.2) is 18.2 Å². The van der Waals surface area contributed by atoms with Gasteiger partial charge in [-0.1, -0.05) is 6.07 Å². The van der Waals surface area contributed by atoms with Crippen LogP contribution in [0.2, 0.25) is 0 Å². The summed E-state index contributed by atoms with van der Waals surface area (Å²) in [5.74, 6) is 0.0447. The number of nitrogens with one attached hydrogen (secondary N) is 2. The molecule has 1 heterocycles. The van der Waals surface area contributed by atoms with Crippen molar-refractivity contribution in [2.24, 2.45) is 0 Å². The fourth-order valence-corrected chi connectivity index (χ4v) is 2.48. The third-order valence-corrected chi connectivity index (χ3v) is 3.67. The third-order valence-electron chi connectivity index (χ3n) is 3.67. The van der Waals surface area contributed by atoms with Gasteiger partial charge in [-0.05, 0) is 69.7 Å². The van der Waals surface area contributed by atoms with E-state index >= 15 is 0 Å². The molecule has 4 heteroatoms. The van der Waals surface area contributed by atoms with E-state index < -0.39 is 0 Å². The molecule has 4 nitrogen and oxygen atoms in total. The maximum atomic E-state index is 12.1. The SMILES string of the molecule is CN(C)CCCCNC(=O)c1ccc2c(c1)CNCC2. The largest absolute Gasteiger partial charge is 0.352 e. The summed E-state index contributed by atoms with van der Waals surface area (Å²) in [6.07, 6.45) is 3.19. The molecule has 1 aliphatic heterocycles. The topological polar surface area (TPSA) is 44.4 Å². The van der Waals surface area contributed by atoms with Gasteiger partial charge in [0, 0.05) is 18.7 Å². The van der Waals surface area contributed by atoms with Crippen molar-refractivity contribution < 1.29 is 4.79 Å². The first-order chi connectivity index (χ1) is 9.66. The molecule has 110 valence electrons. The number of fused-ring (bicyclic) bond motifs is 1. The van der Waals surface area contributed by atoms with Gasteiger partial charge in [0.15, 0.2) is 0 Å². The number of hydrogen-bond acceptors (Lipinski definition) is 3. The standard InChI is InChI=1S/C16H25N3O/c1-19(2)10-4-3-8-18-16(20)14-6-5-13-7-9-17-12-15(13)11-14/h5-6,11,17H,3-4,7-10,12H2,1-2H3,(H,18,20). The Hall–Kier alpha value is -1.39. The summed E-state index contributed by atoms with van der Waals surface area (Å²) < 4.78 is 0. The molecule has 0 spiro atoms. The van der Waals surface area contributed by atoms with Crippen molar-refractivity contribution >= 4 is 5.91 Å². The number of hydrogen-bond donors (Lipinski definition) is 2. The lowest BCUT2D eigenvalue weighted by Crippen LogP contribution is -2.27. The third kappa shape index (κ3) is 4.32. The number of rotatable bonds is 6. The van der Waals surface area contributed by atoms with Crippen LogP contribution in [0, 0.1) is 0 Å². The smallest absolute Gasteiger partial charge is 0.251 e. The molecule has 1 aromatic carbocycles. The lowest BCUT2D eigenvalue weighted by Gasteiger charge is -2.17. The van der Waals surface area contributed by atoms with Crippen LogP contribution < -0.4 is 10.6 Å². The quantitative estimate of drug-likeness (QED) is 0.772. The minimum Gasteiger partial charge on any atom is -0.352 e. The highest BCUT2D eigenvalue weighted by molar-refractivity contribution is 5.94. The predicted molar refractivity (Wildman–Crippen MR) is 82.0 cm³/mol. The van der Waals surface area contributed by atoms with Gasteiger partial charge in [0.25, 0.3) is 5.91 Å². The Balaban J connectivity index is 1.80. The van der Waals surface area contributed by atoms with Crippen molar-refractivity contribution in [3.63, 3.8) is 0 Å². The van der Waals surface area contributed by atoms with Crippen LogP contribution in [0.1, 0.15) is 34.3 Å². The van der Waals surface area contributed by atoms with Crippen LogP contribution in [0.5, 0.6) is 0 Å². The second-order valence-corrected chi connectivity index (χ2v) is 5.68. The second kappa shape index (κ2) is 7.41. The molecular weight excluding hydrogens is 250 g/mol. The average Bonchev–Trinajstić information content (AvgIpc) is 2.46. The molecule has 1 aliphatic rings. The summed E-state index contributed by atoms with van der Waals surface area (Å²) in [6, 6.07) is 6.06. The van der Waals surface area contributed by atoms with E-state index in [0.29, 0.717) is 0 Å². The zero-order valence-corrected chi connectivity index (χ0v) is 12.5. The van der Waals surface area contributed by atoms with E-state index in [1.165, 1.54) is 11.1 Å². The van der Waals surface area contributed by atoms with Crippen LogP contribution in [0.3, 0.4) is 0 Å². The molecule has 20 heavy (non-hydrogen) atoms. The van der Waals surface area contributed by atoms with Crippen LogP contribution in [0.4, 0.5) is 0 Å². The molecule has 0 radical (unpaired) electrons. The minimum atomic E-state index is 0.0447. The first-order valence-corrected chi connectivity index (χ1v) is 7.42. The fraction of sp³-hybridized carbons (Fsp3) is 0.562. The van der Waals surface area contributed by atoms with Gasteiger partial charge in [-0.2, -0.15) is 0 Å². The molecule has 0 aliphatic carbocycles. The molecule has 2 rings (SSSR count). The number of amides is 1. The van der Waals surface area contributed by atoms with Crippen LogP contribution in [0.25, 0.3) is 0 Å². The summed E-state index contributed by atoms with van der Waals surface area (Å²) in [4.78, 5) is 14.3. The number of carbonyl (C=O) groups excluding carboxylic acids is 1. The molecule has 0 unspecified atom stereocenters. The van der Waals surface area contributed by atoms with Gasteiger partial charge in [-0.25, -0.2) is 0 Å². The number of benzene rings is 1. The molecular formula is C16H25N3O. The van der Waals surface area contributed by atoms with Crippen LogP contribution >= 0.6 is 0 Å². The van der Waals surface area contributed by atoms with Crippen molar-refractivity contribution in [1.82, 2.24) is 15.5 Å². The van der Waals surface area contributed by atoms with E-state index in [4.69, 9.17) is 0 Å². The molecule has 1 aromatic rings. The summed E-state index contributed by atoms with van der Waals surface area (Å²) >= 11 is 0. The van der Waals surface area contributed by atoms with Gasteiger partial charge in [0.2, 0.25) is 0 Å². The zero-order chi connectivity index (χ0) is 14.4. The molecule has 2 N–H and O–H groups in total. The van der Waals surface area contributed by atoms with Gasteiger partial charge in [-0.15, -0.1) is 0 Å². The summed E-state index contributed by atoms with van der Waals surface area (Å²) in [6.45, 7) is 3.73. The lowest BCUT2D eigenvalue weighted by molar-refractivity contribution is 0.0952. The first-order valence-electron chi connectivity index (χ1n) is 7.42. The van der Waals surface area contributed by atoms with Gasteiger partial charge < -0.3 is 15.5 Å². The highest BCUT2D eigenvalue weighted by atomic mass is 16.1. The normalized spacial score (nSPS) is 14.2. The maximum absolute atomic E-state index is 12.1. The molecule has 0 aromatic heterocycles. The molecule has 0 atom stereocenters. The maximum Gasteiger partial charge on any atom is 0.251 e.